The first-order valence-corrected chi connectivity index (χ1v) is 10.1. The van der Waals surface area contributed by atoms with Crippen LogP contribution in [0, 0.1) is 5.21 Å². The molecule has 2 heterocycles. The normalized spacial score (nSPS) is 38.0. The summed E-state index contributed by atoms with van der Waals surface area (Å²) in [4.78, 5) is 12.2. The van der Waals surface area contributed by atoms with Gasteiger partial charge in [-0.3, -0.25) is 5.21 Å². The maximum absolute atomic E-state index is 12.2. The summed E-state index contributed by atoms with van der Waals surface area (Å²) in [6.07, 6.45) is -13.7. The number of aliphatic hydroxyl groups excluding tert-OH is 7. The van der Waals surface area contributed by atoms with E-state index in [-0.39, 0.29) is 11.3 Å². The molecule has 1 aromatic carbocycles. The molecular weight excluding hydrogens is 466 g/mol. The van der Waals surface area contributed by atoms with Gasteiger partial charge in [-0.1, -0.05) is 0 Å². The Morgan fingerprint density at radius 1 is 1.00 bits per heavy atom. The van der Waals surface area contributed by atoms with Crippen LogP contribution in [0.1, 0.15) is 10.4 Å². The highest BCUT2D eigenvalue weighted by Crippen LogP contribution is 2.36. The molecule has 8 N–H and O–H groups in total. The van der Waals surface area contributed by atoms with Crippen molar-refractivity contribution in [1.29, 1.82) is 0 Å². The number of nitrogens with zero attached hydrogens (tertiary/aromatic N) is 1. The van der Waals surface area contributed by atoms with Gasteiger partial charge in [-0.15, -0.1) is 0 Å². The van der Waals surface area contributed by atoms with Crippen LogP contribution in [-0.2, 0) is 18.9 Å². The zero-order valence-electron chi connectivity index (χ0n) is 17.5. The van der Waals surface area contributed by atoms with Gasteiger partial charge in [0.2, 0.25) is 5.79 Å². The second kappa shape index (κ2) is 10.7. The largest absolute Gasteiger partial charge is 0.733 e. The van der Waals surface area contributed by atoms with Crippen LogP contribution in [0.25, 0.3) is 0 Å². The first-order valence-electron chi connectivity index (χ1n) is 10.1. The Morgan fingerprint density at radius 2 is 1.65 bits per heavy atom. The Bertz CT molecular complexity index is 824. The molecule has 9 atom stereocenters. The lowest BCUT2D eigenvalue weighted by molar-refractivity contribution is -0.383. The third-order valence-electron chi connectivity index (χ3n) is 5.59. The van der Waals surface area contributed by atoms with Gasteiger partial charge < -0.3 is 65.1 Å². The molecule has 0 saturated carbocycles. The van der Waals surface area contributed by atoms with Crippen molar-refractivity contribution in [2.45, 2.75) is 54.8 Å². The van der Waals surface area contributed by atoms with E-state index in [0.29, 0.717) is 0 Å². The number of benzene rings is 1. The summed E-state index contributed by atoms with van der Waals surface area (Å²) in [6.45, 7) is -2.42. The molecule has 192 valence electrons. The van der Waals surface area contributed by atoms with Gasteiger partial charge in [0.05, 0.1) is 17.9 Å². The number of esters is 1. The van der Waals surface area contributed by atoms with Crippen molar-refractivity contribution in [2.24, 2.45) is 0 Å². The van der Waals surface area contributed by atoms with E-state index < -0.39 is 85.8 Å². The standard InChI is InChI=1S/C19H26NO14/c21-5-10-13(24)16(27)19(7-22,33-10)34-18-15(26)14(25)12(23)11(32-18)6-31-17(28)8-1-3-9(4-2-8)20(29)30/h1-4,10-16,18,21-27,29H,5-7H2/q-1/t10-,11-,12+,13+,14-,15-,16+,18-,19+/m0/s1. The number of rotatable bonds is 8. The summed E-state index contributed by atoms with van der Waals surface area (Å²) < 4.78 is 21.0. The van der Waals surface area contributed by atoms with Gasteiger partial charge in [0.1, 0.15) is 55.9 Å². The Kier molecular flexibility index (Phi) is 8.40. The zero-order valence-corrected chi connectivity index (χ0v) is 17.5. The van der Waals surface area contributed by atoms with Gasteiger partial charge in [-0.2, -0.15) is 0 Å². The molecule has 0 spiro atoms. The van der Waals surface area contributed by atoms with E-state index in [1.807, 2.05) is 0 Å². The van der Waals surface area contributed by atoms with Crippen molar-refractivity contribution < 1.29 is 64.7 Å². The fraction of sp³-hybridized carbons (Fsp3) is 0.632. The van der Waals surface area contributed by atoms with E-state index in [1.54, 1.807) is 0 Å². The highest BCUT2D eigenvalue weighted by atomic mass is 16.8. The Morgan fingerprint density at radius 3 is 2.18 bits per heavy atom. The Hall–Kier alpha value is -1.99. The second-order valence-electron chi connectivity index (χ2n) is 7.80. The predicted octanol–water partition coefficient (Wildman–Crippen LogP) is -3.84. The molecule has 0 aromatic heterocycles. The number of anilines is 1. The third kappa shape index (κ3) is 5.15. The second-order valence-corrected chi connectivity index (χ2v) is 7.80. The fourth-order valence-corrected chi connectivity index (χ4v) is 3.58. The van der Waals surface area contributed by atoms with E-state index in [4.69, 9.17) is 24.2 Å². The van der Waals surface area contributed by atoms with Gasteiger partial charge in [0.15, 0.2) is 6.29 Å². The number of carbonyl (C=O) groups excluding carboxylic acids is 1. The van der Waals surface area contributed by atoms with Crippen LogP contribution in [0.4, 0.5) is 5.69 Å². The van der Waals surface area contributed by atoms with Crippen molar-refractivity contribution in [3.63, 3.8) is 0 Å². The summed E-state index contributed by atoms with van der Waals surface area (Å²) in [7, 11) is 0. The molecule has 1 aromatic rings. The van der Waals surface area contributed by atoms with E-state index in [9.17, 15) is 45.7 Å². The third-order valence-corrected chi connectivity index (χ3v) is 5.59. The molecule has 15 heteroatoms. The topological polar surface area (TPSA) is 242 Å². The van der Waals surface area contributed by atoms with Crippen LogP contribution < -0.4 is 5.23 Å². The lowest BCUT2D eigenvalue weighted by Gasteiger charge is -2.43. The van der Waals surface area contributed by atoms with Gasteiger partial charge >= 0.3 is 5.97 Å². The quantitative estimate of drug-likeness (QED) is 0.128. The summed E-state index contributed by atoms with van der Waals surface area (Å²) >= 11 is 0. The molecule has 15 nitrogen and oxygen atoms in total. The number of hydrogen-bond acceptors (Lipinski definition) is 15. The first-order chi connectivity index (χ1) is 16.0. The minimum Gasteiger partial charge on any atom is -0.733 e. The maximum atomic E-state index is 12.2. The fourth-order valence-electron chi connectivity index (χ4n) is 3.58. The summed E-state index contributed by atoms with van der Waals surface area (Å²) in [6, 6.07) is 4.67. The molecule has 2 saturated heterocycles. The molecule has 0 bridgehead atoms. The van der Waals surface area contributed by atoms with Crippen molar-refractivity contribution in [1.82, 2.24) is 0 Å². The van der Waals surface area contributed by atoms with E-state index in [2.05, 4.69) is 0 Å². The van der Waals surface area contributed by atoms with Crippen LogP contribution in [0.15, 0.2) is 24.3 Å². The average molecular weight is 492 g/mol. The average Bonchev–Trinajstić information content (AvgIpc) is 3.08. The molecule has 0 unspecified atom stereocenters. The van der Waals surface area contributed by atoms with Crippen molar-refractivity contribution in [3.8, 4) is 0 Å². The van der Waals surface area contributed by atoms with Crippen LogP contribution in [-0.4, -0.2) is 122 Å². The number of aliphatic hydroxyl groups is 7. The summed E-state index contributed by atoms with van der Waals surface area (Å²) in [5.41, 5.74) is -0.155. The summed E-state index contributed by atoms with van der Waals surface area (Å²) in [5, 5.41) is 89.0. The number of ether oxygens (including phenoxy) is 4. The van der Waals surface area contributed by atoms with Crippen LogP contribution in [0.3, 0.4) is 0 Å². The highest BCUT2D eigenvalue weighted by molar-refractivity contribution is 5.89. The SMILES string of the molecule is O=C(OC[C@@H]1O[C@@H](O[C@@]2(CO)O[C@@H](CO)[C@@H](O)[C@H]2O)[C@@H](O)[C@@H](O)[C@@H]1O)c1ccc(N([O-])O)cc1. The Balaban J connectivity index is 1.68. The minimum atomic E-state index is -2.34. The van der Waals surface area contributed by atoms with Crippen LogP contribution in [0.2, 0.25) is 0 Å². The molecule has 0 aliphatic carbocycles. The molecule has 0 amide bonds. The summed E-state index contributed by atoms with van der Waals surface area (Å²) in [5.74, 6) is -3.25. The van der Waals surface area contributed by atoms with E-state index in [0.717, 1.165) is 12.1 Å². The monoisotopic (exact) mass is 492 g/mol. The van der Waals surface area contributed by atoms with Gasteiger partial charge in [-0.05, 0) is 24.3 Å². The molecule has 0 radical (unpaired) electrons. The van der Waals surface area contributed by atoms with E-state index in [1.165, 1.54) is 12.1 Å². The first kappa shape index (κ1) is 26.6. The maximum Gasteiger partial charge on any atom is 0.338 e. The van der Waals surface area contributed by atoms with Gasteiger partial charge in [0, 0.05) is 0 Å². The lowest BCUT2D eigenvalue weighted by Crippen LogP contribution is -2.62. The number of hydrogen-bond donors (Lipinski definition) is 8. The van der Waals surface area contributed by atoms with Crippen molar-refractivity contribution >= 4 is 11.7 Å². The predicted molar refractivity (Wildman–Crippen MR) is 106 cm³/mol. The molecule has 3 rings (SSSR count). The smallest absolute Gasteiger partial charge is 0.338 e. The number of carbonyl (C=O) groups is 1. The van der Waals surface area contributed by atoms with Crippen molar-refractivity contribution in [2.75, 3.05) is 25.0 Å². The van der Waals surface area contributed by atoms with Gasteiger partial charge in [-0.25, -0.2) is 4.79 Å². The van der Waals surface area contributed by atoms with Crippen LogP contribution in [0.5, 0.6) is 0 Å². The molecule has 2 aliphatic rings. The Labute approximate surface area is 192 Å². The van der Waals surface area contributed by atoms with Crippen molar-refractivity contribution in [3.05, 3.63) is 35.0 Å². The molecular formula is C19H26NO14-. The minimum absolute atomic E-state index is 0.0185. The zero-order chi connectivity index (χ0) is 25.2. The van der Waals surface area contributed by atoms with Crippen LogP contribution >= 0.6 is 0 Å². The molecule has 2 aliphatic heterocycles. The molecule has 34 heavy (non-hydrogen) atoms. The van der Waals surface area contributed by atoms with Gasteiger partial charge in [0.25, 0.3) is 0 Å². The molecule has 2 fully saturated rings. The van der Waals surface area contributed by atoms with E-state index >= 15 is 0 Å². The highest BCUT2D eigenvalue weighted by Gasteiger charge is 2.58. The lowest BCUT2D eigenvalue weighted by atomic mass is 9.99.